The van der Waals surface area contributed by atoms with Crippen molar-refractivity contribution in [3.63, 3.8) is 0 Å². The number of amides is 1. The van der Waals surface area contributed by atoms with Crippen LogP contribution in [0, 0.1) is 0 Å². The predicted octanol–water partition coefficient (Wildman–Crippen LogP) is 0.0500. The molecule has 2 rings (SSSR count). The Morgan fingerprint density at radius 1 is 1.67 bits per heavy atom. The first-order chi connectivity index (χ1) is 7.16. The smallest absolute Gasteiger partial charge is 0.244 e. The standard InChI is InChI=1S/C10H16N4O/c1-7(14-4-2-3-12-14)10(15)13-9-5-8(11)6-9/h2-4,7-9H,5-6,11H2,1H3,(H,13,15). The van der Waals surface area contributed by atoms with Gasteiger partial charge in [0.2, 0.25) is 5.91 Å². The van der Waals surface area contributed by atoms with E-state index in [-0.39, 0.29) is 24.0 Å². The van der Waals surface area contributed by atoms with Crippen LogP contribution in [0.1, 0.15) is 25.8 Å². The first-order valence-electron chi connectivity index (χ1n) is 5.22. The summed E-state index contributed by atoms with van der Waals surface area (Å²) in [6.45, 7) is 1.83. The van der Waals surface area contributed by atoms with Crippen LogP contribution in [0.25, 0.3) is 0 Å². The maximum Gasteiger partial charge on any atom is 0.244 e. The Labute approximate surface area is 88.6 Å². The predicted molar refractivity (Wildman–Crippen MR) is 56.1 cm³/mol. The van der Waals surface area contributed by atoms with Gasteiger partial charge in [0.05, 0.1) is 0 Å². The summed E-state index contributed by atoms with van der Waals surface area (Å²) < 4.78 is 1.65. The fraction of sp³-hybridized carbons (Fsp3) is 0.600. The molecule has 3 N–H and O–H groups in total. The summed E-state index contributed by atoms with van der Waals surface area (Å²) in [5.41, 5.74) is 5.65. The zero-order valence-corrected chi connectivity index (χ0v) is 8.76. The zero-order valence-electron chi connectivity index (χ0n) is 8.76. The minimum absolute atomic E-state index is 0.00981. The lowest BCUT2D eigenvalue weighted by Crippen LogP contribution is -2.51. The minimum Gasteiger partial charge on any atom is -0.351 e. The first kappa shape index (κ1) is 10.2. The number of hydrogen-bond acceptors (Lipinski definition) is 3. The van der Waals surface area contributed by atoms with Crippen LogP contribution in [0.4, 0.5) is 0 Å². The second-order valence-corrected chi connectivity index (χ2v) is 4.10. The van der Waals surface area contributed by atoms with Crippen LogP contribution in [0.15, 0.2) is 18.5 Å². The molecule has 15 heavy (non-hydrogen) atoms. The zero-order chi connectivity index (χ0) is 10.8. The van der Waals surface area contributed by atoms with Gasteiger partial charge in [0.25, 0.3) is 0 Å². The molecule has 0 bridgehead atoms. The minimum atomic E-state index is -0.253. The fourth-order valence-electron chi connectivity index (χ4n) is 1.73. The Kier molecular flexibility index (Phi) is 2.73. The second-order valence-electron chi connectivity index (χ2n) is 4.10. The third-order valence-corrected chi connectivity index (χ3v) is 2.82. The molecule has 0 aromatic carbocycles. The largest absolute Gasteiger partial charge is 0.351 e. The molecule has 0 spiro atoms. The highest BCUT2D eigenvalue weighted by atomic mass is 16.2. The average molecular weight is 208 g/mol. The van der Waals surface area contributed by atoms with Crippen LogP contribution in [0.5, 0.6) is 0 Å². The van der Waals surface area contributed by atoms with Gasteiger partial charge >= 0.3 is 0 Å². The molecule has 1 aliphatic carbocycles. The fourth-order valence-corrected chi connectivity index (χ4v) is 1.73. The van der Waals surface area contributed by atoms with Gasteiger partial charge in [0, 0.05) is 24.5 Å². The van der Waals surface area contributed by atoms with Gasteiger partial charge in [0.1, 0.15) is 6.04 Å². The van der Waals surface area contributed by atoms with Crippen molar-refractivity contribution in [2.24, 2.45) is 5.73 Å². The number of nitrogens with zero attached hydrogens (tertiary/aromatic N) is 2. The molecule has 1 amide bonds. The molecule has 5 heteroatoms. The van der Waals surface area contributed by atoms with Crippen LogP contribution >= 0.6 is 0 Å². The highest BCUT2D eigenvalue weighted by Crippen LogP contribution is 2.18. The average Bonchev–Trinajstić information content (AvgIpc) is 2.66. The summed E-state index contributed by atoms with van der Waals surface area (Å²) in [5, 5.41) is 6.99. The number of carbonyl (C=O) groups is 1. The van der Waals surface area contributed by atoms with E-state index < -0.39 is 0 Å². The molecule has 0 saturated heterocycles. The van der Waals surface area contributed by atoms with Crippen molar-refractivity contribution in [3.05, 3.63) is 18.5 Å². The number of hydrogen-bond donors (Lipinski definition) is 2. The van der Waals surface area contributed by atoms with Crippen LogP contribution in [-0.2, 0) is 4.79 Å². The number of nitrogens with one attached hydrogen (secondary N) is 1. The quantitative estimate of drug-likeness (QED) is 0.737. The van der Waals surface area contributed by atoms with Gasteiger partial charge in [-0.05, 0) is 25.8 Å². The van der Waals surface area contributed by atoms with E-state index in [9.17, 15) is 4.79 Å². The van der Waals surface area contributed by atoms with Crippen molar-refractivity contribution in [1.29, 1.82) is 0 Å². The lowest BCUT2D eigenvalue weighted by atomic mass is 9.87. The monoisotopic (exact) mass is 208 g/mol. The van der Waals surface area contributed by atoms with Gasteiger partial charge in [-0.1, -0.05) is 0 Å². The van der Waals surface area contributed by atoms with Crippen molar-refractivity contribution in [1.82, 2.24) is 15.1 Å². The Bertz CT molecular complexity index is 329. The van der Waals surface area contributed by atoms with E-state index in [4.69, 9.17) is 5.73 Å². The topological polar surface area (TPSA) is 72.9 Å². The Morgan fingerprint density at radius 2 is 2.40 bits per heavy atom. The maximum atomic E-state index is 11.7. The van der Waals surface area contributed by atoms with E-state index in [1.807, 2.05) is 13.0 Å². The Morgan fingerprint density at radius 3 is 2.93 bits per heavy atom. The molecule has 0 radical (unpaired) electrons. The number of carbonyl (C=O) groups excluding carboxylic acids is 1. The number of aromatic nitrogens is 2. The van der Waals surface area contributed by atoms with Gasteiger partial charge in [-0.25, -0.2) is 0 Å². The van der Waals surface area contributed by atoms with Crippen LogP contribution in [0.2, 0.25) is 0 Å². The molecule has 0 aliphatic heterocycles. The molecular formula is C10H16N4O. The van der Waals surface area contributed by atoms with E-state index >= 15 is 0 Å². The summed E-state index contributed by atoms with van der Waals surface area (Å²) in [4.78, 5) is 11.7. The lowest BCUT2D eigenvalue weighted by molar-refractivity contribution is -0.125. The summed E-state index contributed by atoms with van der Waals surface area (Å²) in [6, 6.07) is 2.07. The molecule has 1 saturated carbocycles. The molecular weight excluding hydrogens is 192 g/mol. The number of nitrogens with two attached hydrogens (primary N) is 1. The van der Waals surface area contributed by atoms with Crippen molar-refractivity contribution in [3.8, 4) is 0 Å². The SMILES string of the molecule is CC(C(=O)NC1CC(N)C1)n1cccn1. The highest BCUT2D eigenvalue weighted by Gasteiger charge is 2.28. The molecule has 1 aliphatic rings. The first-order valence-corrected chi connectivity index (χ1v) is 5.22. The van der Waals surface area contributed by atoms with Crippen molar-refractivity contribution >= 4 is 5.91 Å². The van der Waals surface area contributed by atoms with E-state index in [0.29, 0.717) is 0 Å². The molecule has 1 atom stereocenters. The van der Waals surface area contributed by atoms with Crippen molar-refractivity contribution < 1.29 is 4.79 Å². The number of rotatable bonds is 3. The molecule has 1 heterocycles. The summed E-state index contributed by atoms with van der Waals surface area (Å²) in [5.74, 6) is 0.00981. The summed E-state index contributed by atoms with van der Waals surface area (Å²) in [6.07, 6.45) is 5.23. The summed E-state index contributed by atoms with van der Waals surface area (Å²) in [7, 11) is 0. The highest BCUT2D eigenvalue weighted by molar-refractivity contribution is 5.80. The van der Waals surface area contributed by atoms with E-state index in [2.05, 4.69) is 10.4 Å². The maximum absolute atomic E-state index is 11.7. The van der Waals surface area contributed by atoms with Crippen LogP contribution in [-0.4, -0.2) is 27.8 Å². The Balaban J connectivity index is 1.86. The normalized spacial score (nSPS) is 26.8. The third kappa shape index (κ3) is 2.18. The van der Waals surface area contributed by atoms with Crippen molar-refractivity contribution in [2.75, 3.05) is 0 Å². The molecule has 1 unspecified atom stereocenters. The molecule has 5 nitrogen and oxygen atoms in total. The van der Waals surface area contributed by atoms with E-state index in [0.717, 1.165) is 12.8 Å². The van der Waals surface area contributed by atoms with Crippen molar-refractivity contribution in [2.45, 2.75) is 37.9 Å². The molecule has 1 fully saturated rings. The van der Waals surface area contributed by atoms with Crippen LogP contribution < -0.4 is 11.1 Å². The third-order valence-electron chi connectivity index (χ3n) is 2.82. The molecule has 1 aromatic heterocycles. The van der Waals surface area contributed by atoms with Gasteiger partial charge in [0.15, 0.2) is 0 Å². The second kappa shape index (κ2) is 4.02. The van der Waals surface area contributed by atoms with Gasteiger partial charge < -0.3 is 11.1 Å². The lowest BCUT2D eigenvalue weighted by Gasteiger charge is -2.33. The van der Waals surface area contributed by atoms with Crippen LogP contribution in [0.3, 0.4) is 0 Å². The van der Waals surface area contributed by atoms with Gasteiger partial charge in [-0.15, -0.1) is 0 Å². The van der Waals surface area contributed by atoms with E-state index in [1.165, 1.54) is 0 Å². The summed E-state index contributed by atoms with van der Waals surface area (Å²) >= 11 is 0. The molecule has 1 aromatic rings. The van der Waals surface area contributed by atoms with Gasteiger partial charge in [-0.3, -0.25) is 9.48 Å². The molecule has 82 valence electrons. The Hall–Kier alpha value is -1.36. The van der Waals surface area contributed by atoms with E-state index in [1.54, 1.807) is 17.1 Å². The van der Waals surface area contributed by atoms with Gasteiger partial charge in [-0.2, -0.15) is 5.10 Å².